The van der Waals surface area contributed by atoms with Crippen molar-refractivity contribution < 1.29 is 4.74 Å². The minimum atomic E-state index is 0.808. The highest BCUT2D eigenvalue weighted by Crippen LogP contribution is 2.21. The summed E-state index contributed by atoms with van der Waals surface area (Å²) in [6, 6.07) is 6.62. The fraction of sp³-hybridized carbons (Fsp3) is 0.500. The maximum absolute atomic E-state index is 5.03. The van der Waals surface area contributed by atoms with Crippen molar-refractivity contribution in [2.24, 2.45) is 0 Å². The Morgan fingerprint density at radius 2 is 2.20 bits per heavy atom. The standard InChI is InChI=1S/C12H19NOS/c1-10-8-12(15-7-6-14-3)5-4-11(10)9-13-2/h4-5,8,13H,6-7,9H2,1-3H3. The molecule has 1 rings (SSSR count). The van der Waals surface area contributed by atoms with E-state index < -0.39 is 0 Å². The van der Waals surface area contributed by atoms with E-state index in [9.17, 15) is 0 Å². The quantitative estimate of drug-likeness (QED) is 0.593. The molecule has 0 aliphatic carbocycles. The number of rotatable bonds is 6. The van der Waals surface area contributed by atoms with Gasteiger partial charge in [0.05, 0.1) is 6.61 Å². The molecular formula is C12H19NOS. The van der Waals surface area contributed by atoms with Crippen LogP contribution in [0.1, 0.15) is 11.1 Å². The molecule has 2 nitrogen and oxygen atoms in total. The van der Waals surface area contributed by atoms with Gasteiger partial charge in [-0.1, -0.05) is 6.07 Å². The Hall–Kier alpha value is -0.510. The number of benzene rings is 1. The summed E-state index contributed by atoms with van der Waals surface area (Å²) in [7, 11) is 3.71. The SMILES string of the molecule is CNCc1ccc(SCCOC)cc1C. The van der Waals surface area contributed by atoms with Crippen LogP contribution in [0.2, 0.25) is 0 Å². The van der Waals surface area contributed by atoms with Crippen molar-refractivity contribution >= 4 is 11.8 Å². The van der Waals surface area contributed by atoms with E-state index in [4.69, 9.17) is 4.74 Å². The molecule has 84 valence electrons. The molecule has 0 saturated carbocycles. The molecule has 0 amide bonds. The lowest BCUT2D eigenvalue weighted by Gasteiger charge is -2.07. The van der Waals surface area contributed by atoms with Gasteiger partial charge < -0.3 is 10.1 Å². The molecule has 0 aliphatic heterocycles. The lowest BCUT2D eigenvalue weighted by atomic mass is 10.1. The summed E-state index contributed by atoms with van der Waals surface area (Å²) in [4.78, 5) is 1.32. The zero-order valence-electron chi connectivity index (χ0n) is 9.67. The smallest absolute Gasteiger partial charge is 0.0556 e. The maximum atomic E-state index is 5.03. The molecule has 0 unspecified atom stereocenters. The largest absolute Gasteiger partial charge is 0.384 e. The molecule has 1 aromatic carbocycles. The van der Waals surface area contributed by atoms with E-state index in [2.05, 4.69) is 30.4 Å². The average molecular weight is 225 g/mol. The van der Waals surface area contributed by atoms with Crippen LogP contribution in [-0.2, 0) is 11.3 Å². The number of methoxy groups -OCH3 is 1. The fourth-order valence-corrected chi connectivity index (χ4v) is 2.30. The molecule has 0 atom stereocenters. The summed E-state index contributed by atoms with van der Waals surface area (Å²) in [5.41, 5.74) is 2.72. The van der Waals surface area contributed by atoms with Gasteiger partial charge in [-0.25, -0.2) is 0 Å². The molecule has 0 bridgehead atoms. The van der Waals surface area contributed by atoms with Gasteiger partial charge in [-0.15, -0.1) is 11.8 Å². The minimum Gasteiger partial charge on any atom is -0.384 e. The number of hydrogen-bond acceptors (Lipinski definition) is 3. The van der Waals surface area contributed by atoms with Crippen LogP contribution < -0.4 is 5.32 Å². The van der Waals surface area contributed by atoms with Crippen LogP contribution >= 0.6 is 11.8 Å². The Labute approximate surface area is 96.4 Å². The number of thioether (sulfide) groups is 1. The monoisotopic (exact) mass is 225 g/mol. The third-order valence-electron chi connectivity index (χ3n) is 2.24. The first-order valence-corrected chi connectivity index (χ1v) is 6.12. The fourth-order valence-electron chi connectivity index (χ4n) is 1.39. The Kier molecular flexibility index (Phi) is 5.76. The third-order valence-corrected chi connectivity index (χ3v) is 3.20. The van der Waals surface area contributed by atoms with Crippen molar-refractivity contribution in [1.82, 2.24) is 5.32 Å². The molecule has 0 aromatic heterocycles. The van der Waals surface area contributed by atoms with E-state index in [-0.39, 0.29) is 0 Å². The molecule has 0 radical (unpaired) electrons. The van der Waals surface area contributed by atoms with Crippen molar-refractivity contribution in [1.29, 1.82) is 0 Å². The zero-order chi connectivity index (χ0) is 11.1. The molecule has 0 spiro atoms. The number of nitrogens with one attached hydrogen (secondary N) is 1. The summed E-state index contributed by atoms with van der Waals surface area (Å²) < 4.78 is 5.03. The summed E-state index contributed by atoms with van der Waals surface area (Å²) in [6.45, 7) is 3.91. The normalized spacial score (nSPS) is 10.6. The van der Waals surface area contributed by atoms with Crippen LogP contribution in [0.25, 0.3) is 0 Å². The van der Waals surface area contributed by atoms with Gasteiger partial charge >= 0.3 is 0 Å². The van der Waals surface area contributed by atoms with Gasteiger partial charge in [-0.2, -0.15) is 0 Å². The van der Waals surface area contributed by atoms with Crippen LogP contribution in [0.4, 0.5) is 0 Å². The average Bonchev–Trinajstić information content (AvgIpc) is 2.23. The highest BCUT2D eigenvalue weighted by atomic mass is 32.2. The lowest BCUT2D eigenvalue weighted by molar-refractivity contribution is 0.218. The van der Waals surface area contributed by atoms with E-state index in [0.29, 0.717) is 0 Å². The summed E-state index contributed by atoms with van der Waals surface area (Å²) in [6.07, 6.45) is 0. The second kappa shape index (κ2) is 6.88. The van der Waals surface area contributed by atoms with Crippen molar-refractivity contribution in [2.75, 3.05) is 26.5 Å². The van der Waals surface area contributed by atoms with Crippen LogP contribution in [0.3, 0.4) is 0 Å². The van der Waals surface area contributed by atoms with Gasteiger partial charge in [0.15, 0.2) is 0 Å². The van der Waals surface area contributed by atoms with Gasteiger partial charge in [0.25, 0.3) is 0 Å². The Balaban J connectivity index is 2.56. The first-order valence-electron chi connectivity index (χ1n) is 5.13. The number of aryl methyl sites for hydroxylation is 1. The summed E-state index contributed by atoms with van der Waals surface area (Å²) in [5.74, 6) is 1.02. The van der Waals surface area contributed by atoms with E-state index in [1.54, 1.807) is 7.11 Å². The van der Waals surface area contributed by atoms with E-state index >= 15 is 0 Å². The van der Waals surface area contributed by atoms with E-state index in [1.165, 1.54) is 16.0 Å². The van der Waals surface area contributed by atoms with Crippen LogP contribution in [0.5, 0.6) is 0 Å². The Bertz CT molecular complexity index is 302. The lowest BCUT2D eigenvalue weighted by Crippen LogP contribution is -2.06. The molecular weight excluding hydrogens is 206 g/mol. The molecule has 0 heterocycles. The first kappa shape index (κ1) is 12.6. The molecule has 1 aromatic rings. The highest BCUT2D eigenvalue weighted by Gasteiger charge is 1.99. The summed E-state index contributed by atoms with van der Waals surface area (Å²) >= 11 is 1.84. The van der Waals surface area contributed by atoms with E-state index in [0.717, 1.165) is 18.9 Å². The topological polar surface area (TPSA) is 21.3 Å². The van der Waals surface area contributed by atoms with Gasteiger partial charge in [-0.05, 0) is 37.2 Å². The van der Waals surface area contributed by atoms with Crippen molar-refractivity contribution in [3.8, 4) is 0 Å². The molecule has 0 fully saturated rings. The van der Waals surface area contributed by atoms with Crippen molar-refractivity contribution in [3.05, 3.63) is 29.3 Å². The maximum Gasteiger partial charge on any atom is 0.0556 e. The predicted octanol–water partition coefficient (Wildman–Crippen LogP) is 2.45. The minimum absolute atomic E-state index is 0.808. The molecule has 0 aliphatic rings. The van der Waals surface area contributed by atoms with Crippen LogP contribution in [0, 0.1) is 6.92 Å². The van der Waals surface area contributed by atoms with Gasteiger partial charge in [-0.3, -0.25) is 0 Å². The predicted molar refractivity (Wildman–Crippen MR) is 66.5 cm³/mol. The first-order chi connectivity index (χ1) is 7.27. The Morgan fingerprint density at radius 3 is 2.80 bits per heavy atom. The number of hydrogen-bond donors (Lipinski definition) is 1. The van der Waals surface area contributed by atoms with Crippen molar-refractivity contribution in [2.45, 2.75) is 18.4 Å². The van der Waals surface area contributed by atoms with Crippen LogP contribution in [0.15, 0.2) is 23.1 Å². The molecule has 0 saturated heterocycles. The third kappa shape index (κ3) is 4.24. The summed E-state index contributed by atoms with van der Waals surface area (Å²) in [5, 5.41) is 3.17. The Morgan fingerprint density at radius 1 is 1.40 bits per heavy atom. The zero-order valence-corrected chi connectivity index (χ0v) is 10.5. The second-order valence-corrected chi connectivity index (χ2v) is 4.63. The van der Waals surface area contributed by atoms with Crippen LogP contribution in [-0.4, -0.2) is 26.5 Å². The van der Waals surface area contributed by atoms with Gasteiger partial charge in [0, 0.05) is 24.3 Å². The van der Waals surface area contributed by atoms with Gasteiger partial charge in [0.2, 0.25) is 0 Å². The second-order valence-electron chi connectivity index (χ2n) is 3.46. The molecule has 3 heteroatoms. The number of ether oxygens (including phenoxy) is 1. The molecule has 15 heavy (non-hydrogen) atoms. The van der Waals surface area contributed by atoms with Crippen molar-refractivity contribution in [3.63, 3.8) is 0 Å². The highest BCUT2D eigenvalue weighted by molar-refractivity contribution is 7.99. The van der Waals surface area contributed by atoms with E-state index in [1.807, 2.05) is 18.8 Å². The molecule has 1 N–H and O–H groups in total. The van der Waals surface area contributed by atoms with Gasteiger partial charge in [0.1, 0.15) is 0 Å².